The average Bonchev–Trinajstić information content (AvgIpc) is 2.81. The zero-order chi connectivity index (χ0) is 19.8. The second-order valence-corrected chi connectivity index (χ2v) is 7.20. The van der Waals surface area contributed by atoms with Crippen LogP contribution in [0.2, 0.25) is 0 Å². The first kappa shape index (κ1) is 18.1. The number of aryl methyl sites for hydroxylation is 3. The molecule has 0 N–H and O–H groups in total. The maximum absolute atomic E-state index is 13.9. The smallest absolute Gasteiger partial charge is 0.263 e. The first-order chi connectivity index (χ1) is 13.5. The summed E-state index contributed by atoms with van der Waals surface area (Å²) in [6.45, 7) is 6.06. The SMILES string of the molecule is COC1=Cc2ccccc2N(C(=O)c2c(C)cc(C)cc2C)c2ccccc21. The molecule has 0 aliphatic carbocycles. The molecule has 3 nitrogen and oxygen atoms in total. The summed E-state index contributed by atoms with van der Waals surface area (Å²) in [5.74, 6) is 0.719. The topological polar surface area (TPSA) is 29.5 Å². The van der Waals surface area contributed by atoms with E-state index in [9.17, 15) is 4.79 Å². The number of carbonyl (C=O) groups excluding carboxylic acids is 1. The van der Waals surface area contributed by atoms with Gasteiger partial charge in [-0.15, -0.1) is 0 Å². The standard InChI is InChI=1S/C25H23NO2/c1-16-13-17(2)24(18(3)14-16)25(27)26-21-11-7-5-9-19(21)15-23(28-4)20-10-6-8-12-22(20)26/h5-15H,1-4H3. The molecule has 0 unspecified atom stereocenters. The molecule has 3 heteroatoms. The van der Waals surface area contributed by atoms with E-state index in [-0.39, 0.29) is 5.91 Å². The number of amides is 1. The van der Waals surface area contributed by atoms with E-state index in [1.165, 1.54) is 0 Å². The fraction of sp³-hybridized carbons (Fsp3) is 0.160. The number of hydrogen-bond donors (Lipinski definition) is 0. The second-order valence-electron chi connectivity index (χ2n) is 7.20. The molecule has 140 valence electrons. The molecule has 0 saturated heterocycles. The second kappa shape index (κ2) is 7.01. The summed E-state index contributed by atoms with van der Waals surface area (Å²) in [5, 5.41) is 0. The van der Waals surface area contributed by atoms with Crippen molar-refractivity contribution in [2.24, 2.45) is 0 Å². The number of methoxy groups -OCH3 is 1. The van der Waals surface area contributed by atoms with Gasteiger partial charge in [-0.2, -0.15) is 0 Å². The van der Waals surface area contributed by atoms with Crippen LogP contribution < -0.4 is 4.90 Å². The number of hydrogen-bond acceptors (Lipinski definition) is 2. The van der Waals surface area contributed by atoms with Crippen LogP contribution in [0.4, 0.5) is 11.4 Å². The molecule has 0 saturated carbocycles. The third kappa shape index (κ3) is 2.89. The van der Waals surface area contributed by atoms with E-state index in [2.05, 4.69) is 19.1 Å². The number of nitrogens with zero attached hydrogens (tertiary/aromatic N) is 1. The van der Waals surface area contributed by atoms with Crippen molar-refractivity contribution in [3.05, 3.63) is 94.0 Å². The Morgan fingerprint density at radius 2 is 1.46 bits per heavy atom. The van der Waals surface area contributed by atoms with Crippen LogP contribution in [0.1, 0.15) is 38.2 Å². The lowest BCUT2D eigenvalue weighted by Crippen LogP contribution is -2.28. The molecular weight excluding hydrogens is 346 g/mol. The largest absolute Gasteiger partial charge is 0.496 e. The maximum Gasteiger partial charge on any atom is 0.263 e. The van der Waals surface area contributed by atoms with E-state index in [0.29, 0.717) is 0 Å². The molecule has 3 aromatic carbocycles. The number of para-hydroxylation sites is 2. The average molecular weight is 369 g/mol. The fourth-order valence-corrected chi connectivity index (χ4v) is 4.06. The normalized spacial score (nSPS) is 12.6. The molecule has 4 rings (SSSR count). The van der Waals surface area contributed by atoms with Crippen LogP contribution in [0.3, 0.4) is 0 Å². The predicted molar refractivity (Wildman–Crippen MR) is 115 cm³/mol. The van der Waals surface area contributed by atoms with Gasteiger partial charge in [-0.05, 0) is 56.2 Å². The molecule has 1 aliphatic heterocycles. The highest BCUT2D eigenvalue weighted by Crippen LogP contribution is 2.41. The van der Waals surface area contributed by atoms with E-state index in [0.717, 1.165) is 50.5 Å². The van der Waals surface area contributed by atoms with E-state index in [1.54, 1.807) is 7.11 Å². The Labute approximate surface area is 165 Å². The van der Waals surface area contributed by atoms with Gasteiger partial charge in [-0.1, -0.05) is 48.0 Å². The Balaban J connectivity index is 2.00. The van der Waals surface area contributed by atoms with Crippen molar-refractivity contribution < 1.29 is 9.53 Å². The summed E-state index contributed by atoms with van der Waals surface area (Å²) >= 11 is 0. The highest BCUT2D eigenvalue weighted by atomic mass is 16.5. The number of ether oxygens (including phenoxy) is 1. The lowest BCUT2D eigenvalue weighted by Gasteiger charge is -2.26. The summed E-state index contributed by atoms with van der Waals surface area (Å²) in [6.07, 6.45) is 2.00. The molecule has 1 aliphatic rings. The van der Waals surface area contributed by atoms with E-state index in [1.807, 2.05) is 73.4 Å². The van der Waals surface area contributed by atoms with Crippen LogP contribution in [-0.4, -0.2) is 13.0 Å². The summed E-state index contributed by atoms with van der Waals surface area (Å²) in [5.41, 5.74) is 7.41. The number of benzene rings is 3. The summed E-state index contributed by atoms with van der Waals surface area (Å²) < 4.78 is 5.67. The number of rotatable bonds is 2. The molecule has 0 fully saturated rings. The summed E-state index contributed by atoms with van der Waals surface area (Å²) in [4.78, 5) is 15.7. The van der Waals surface area contributed by atoms with Gasteiger partial charge < -0.3 is 4.74 Å². The Hall–Kier alpha value is -3.33. The minimum atomic E-state index is -0.0272. The van der Waals surface area contributed by atoms with Crippen molar-refractivity contribution in [3.8, 4) is 0 Å². The van der Waals surface area contributed by atoms with Crippen molar-refractivity contribution in [3.63, 3.8) is 0 Å². The lowest BCUT2D eigenvalue weighted by atomic mass is 9.98. The minimum Gasteiger partial charge on any atom is -0.496 e. The maximum atomic E-state index is 13.9. The fourth-order valence-electron chi connectivity index (χ4n) is 4.06. The van der Waals surface area contributed by atoms with Crippen LogP contribution in [-0.2, 0) is 4.74 Å². The van der Waals surface area contributed by atoms with E-state index < -0.39 is 0 Å². The lowest BCUT2D eigenvalue weighted by molar-refractivity contribution is 0.0998. The van der Waals surface area contributed by atoms with Gasteiger partial charge in [0.25, 0.3) is 5.91 Å². The molecule has 0 spiro atoms. The first-order valence-corrected chi connectivity index (χ1v) is 9.37. The van der Waals surface area contributed by atoms with E-state index >= 15 is 0 Å². The molecule has 3 aromatic rings. The van der Waals surface area contributed by atoms with Gasteiger partial charge in [0.1, 0.15) is 5.76 Å². The van der Waals surface area contributed by atoms with Crippen molar-refractivity contribution >= 4 is 29.1 Å². The number of anilines is 2. The molecule has 0 aromatic heterocycles. The monoisotopic (exact) mass is 369 g/mol. The van der Waals surface area contributed by atoms with Gasteiger partial charge in [0, 0.05) is 16.7 Å². The van der Waals surface area contributed by atoms with Gasteiger partial charge in [0.15, 0.2) is 0 Å². The van der Waals surface area contributed by atoms with Crippen LogP contribution in [0, 0.1) is 20.8 Å². The van der Waals surface area contributed by atoms with Gasteiger partial charge in [-0.25, -0.2) is 0 Å². The van der Waals surface area contributed by atoms with Crippen LogP contribution in [0.15, 0.2) is 60.7 Å². The summed E-state index contributed by atoms with van der Waals surface area (Å²) in [7, 11) is 1.66. The molecule has 0 bridgehead atoms. The van der Waals surface area contributed by atoms with Crippen molar-refractivity contribution in [1.82, 2.24) is 0 Å². The van der Waals surface area contributed by atoms with Crippen LogP contribution in [0.25, 0.3) is 11.8 Å². The van der Waals surface area contributed by atoms with Gasteiger partial charge in [0.2, 0.25) is 0 Å². The van der Waals surface area contributed by atoms with Gasteiger partial charge >= 0.3 is 0 Å². The quantitative estimate of drug-likeness (QED) is 0.550. The first-order valence-electron chi connectivity index (χ1n) is 9.37. The third-order valence-electron chi connectivity index (χ3n) is 5.19. The van der Waals surface area contributed by atoms with E-state index in [4.69, 9.17) is 4.74 Å². The number of carbonyl (C=O) groups is 1. The Morgan fingerprint density at radius 3 is 2.14 bits per heavy atom. The van der Waals surface area contributed by atoms with Crippen molar-refractivity contribution in [1.29, 1.82) is 0 Å². The highest BCUT2D eigenvalue weighted by molar-refractivity contribution is 6.15. The summed E-state index contributed by atoms with van der Waals surface area (Å²) in [6, 6.07) is 19.9. The Kier molecular flexibility index (Phi) is 4.52. The molecule has 0 radical (unpaired) electrons. The van der Waals surface area contributed by atoms with Crippen molar-refractivity contribution in [2.75, 3.05) is 12.0 Å². The Morgan fingerprint density at radius 1 is 0.857 bits per heavy atom. The van der Waals surface area contributed by atoms with Crippen LogP contribution in [0.5, 0.6) is 0 Å². The zero-order valence-corrected chi connectivity index (χ0v) is 16.6. The Bertz CT molecular complexity index is 1090. The van der Waals surface area contributed by atoms with Gasteiger partial charge in [-0.3, -0.25) is 9.69 Å². The van der Waals surface area contributed by atoms with Crippen molar-refractivity contribution in [2.45, 2.75) is 20.8 Å². The van der Waals surface area contributed by atoms with Crippen LogP contribution >= 0.6 is 0 Å². The molecule has 1 heterocycles. The van der Waals surface area contributed by atoms with Gasteiger partial charge in [0.05, 0.1) is 18.5 Å². The minimum absolute atomic E-state index is 0.0272. The third-order valence-corrected chi connectivity index (χ3v) is 5.19. The predicted octanol–water partition coefficient (Wildman–Crippen LogP) is 6.05. The molecule has 28 heavy (non-hydrogen) atoms. The highest BCUT2D eigenvalue weighted by Gasteiger charge is 2.29. The molecule has 0 atom stereocenters. The number of fused-ring (bicyclic) bond motifs is 2. The molecule has 1 amide bonds. The molecular formula is C25H23NO2. The zero-order valence-electron chi connectivity index (χ0n) is 16.6.